The SMILES string of the molecule is Cc1cccc(-c2cc(=O)n(-c3nc(C)c(C)c(N4CCOCC4)n3)[nH]2)c1. The molecular weight excluding hydrogens is 342 g/mol. The van der Waals surface area contributed by atoms with Crippen molar-refractivity contribution in [2.75, 3.05) is 31.2 Å². The first-order chi connectivity index (χ1) is 13.0. The molecule has 1 aliphatic heterocycles. The highest BCUT2D eigenvalue weighted by Crippen LogP contribution is 2.22. The van der Waals surface area contributed by atoms with Crippen molar-refractivity contribution in [3.8, 4) is 17.2 Å². The lowest BCUT2D eigenvalue weighted by atomic mass is 10.1. The monoisotopic (exact) mass is 365 g/mol. The van der Waals surface area contributed by atoms with Gasteiger partial charge in [-0.1, -0.05) is 23.8 Å². The Morgan fingerprint density at radius 2 is 1.85 bits per heavy atom. The zero-order chi connectivity index (χ0) is 19.0. The highest BCUT2D eigenvalue weighted by Gasteiger charge is 2.19. The summed E-state index contributed by atoms with van der Waals surface area (Å²) in [5.74, 6) is 1.22. The Kier molecular flexibility index (Phi) is 4.53. The smallest absolute Gasteiger partial charge is 0.274 e. The number of rotatable bonds is 3. The number of benzene rings is 1. The van der Waals surface area contributed by atoms with E-state index in [1.165, 1.54) is 4.68 Å². The Morgan fingerprint density at radius 3 is 2.59 bits per heavy atom. The standard InChI is InChI=1S/C20H23N5O2/c1-13-5-4-6-16(11-13)17-12-18(26)25(23-17)20-21-15(3)14(2)19(22-20)24-7-9-27-10-8-24/h4-6,11-12,23H,7-10H2,1-3H3. The topological polar surface area (TPSA) is 76.0 Å². The first-order valence-electron chi connectivity index (χ1n) is 9.10. The van der Waals surface area contributed by atoms with Crippen LogP contribution in [0, 0.1) is 20.8 Å². The van der Waals surface area contributed by atoms with E-state index in [-0.39, 0.29) is 5.56 Å². The second-order valence-corrected chi connectivity index (χ2v) is 6.87. The van der Waals surface area contributed by atoms with E-state index in [0.717, 1.165) is 47.0 Å². The van der Waals surface area contributed by atoms with Crippen LogP contribution in [-0.4, -0.2) is 46.1 Å². The number of nitrogens with one attached hydrogen (secondary N) is 1. The van der Waals surface area contributed by atoms with Gasteiger partial charge < -0.3 is 9.64 Å². The van der Waals surface area contributed by atoms with E-state index in [1.807, 2.05) is 45.0 Å². The summed E-state index contributed by atoms with van der Waals surface area (Å²) >= 11 is 0. The van der Waals surface area contributed by atoms with Gasteiger partial charge in [0, 0.05) is 30.4 Å². The summed E-state index contributed by atoms with van der Waals surface area (Å²) in [7, 11) is 0. The van der Waals surface area contributed by atoms with Crippen LogP contribution in [0.3, 0.4) is 0 Å². The number of anilines is 1. The summed E-state index contributed by atoms with van der Waals surface area (Å²) in [6.07, 6.45) is 0. The largest absolute Gasteiger partial charge is 0.378 e. The molecule has 3 heterocycles. The predicted molar refractivity (Wildman–Crippen MR) is 105 cm³/mol. The van der Waals surface area contributed by atoms with Crippen molar-refractivity contribution in [1.82, 2.24) is 19.7 Å². The number of aryl methyl sites for hydroxylation is 2. The zero-order valence-electron chi connectivity index (χ0n) is 15.8. The molecule has 1 saturated heterocycles. The van der Waals surface area contributed by atoms with Gasteiger partial charge in [-0.05, 0) is 32.4 Å². The molecular formula is C20H23N5O2. The second kappa shape index (κ2) is 7.00. The minimum Gasteiger partial charge on any atom is -0.378 e. The molecule has 0 spiro atoms. The quantitative estimate of drug-likeness (QED) is 0.771. The van der Waals surface area contributed by atoms with Crippen molar-refractivity contribution < 1.29 is 4.74 Å². The van der Waals surface area contributed by atoms with E-state index in [0.29, 0.717) is 19.2 Å². The normalized spacial score (nSPS) is 14.6. The Balaban J connectivity index is 1.77. The highest BCUT2D eigenvalue weighted by molar-refractivity contribution is 5.59. The maximum absolute atomic E-state index is 12.6. The molecule has 4 rings (SSSR count). The van der Waals surface area contributed by atoms with E-state index in [2.05, 4.69) is 15.0 Å². The second-order valence-electron chi connectivity index (χ2n) is 6.87. The van der Waals surface area contributed by atoms with Gasteiger partial charge in [-0.3, -0.25) is 9.89 Å². The minimum atomic E-state index is -0.178. The summed E-state index contributed by atoms with van der Waals surface area (Å²) in [6.45, 7) is 8.91. The van der Waals surface area contributed by atoms with Crippen LogP contribution in [0.15, 0.2) is 35.1 Å². The summed E-state index contributed by atoms with van der Waals surface area (Å²) in [4.78, 5) is 24.0. The fraction of sp³-hybridized carbons (Fsp3) is 0.350. The lowest BCUT2D eigenvalue weighted by molar-refractivity contribution is 0.122. The summed E-state index contributed by atoms with van der Waals surface area (Å²) < 4.78 is 6.85. The molecule has 140 valence electrons. The molecule has 0 atom stereocenters. The predicted octanol–water partition coefficient (Wildman–Crippen LogP) is 2.38. The molecule has 7 nitrogen and oxygen atoms in total. The molecule has 0 saturated carbocycles. The number of hydrogen-bond donors (Lipinski definition) is 1. The molecule has 3 aromatic rings. The molecule has 1 fully saturated rings. The fourth-order valence-corrected chi connectivity index (χ4v) is 3.29. The zero-order valence-corrected chi connectivity index (χ0v) is 15.8. The molecule has 0 amide bonds. The van der Waals surface area contributed by atoms with Gasteiger partial charge in [0.1, 0.15) is 5.82 Å². The van der Waals surface area contributed by atoms with E-state index in [9.17, 15) is 4.79 Å². The van der Waals surface area contributed by atoms with Crippen LogP contribution in [0.5, 0.6) is 0 Å². The van der Waals surface area contributed by atoms with Crippen LogP contribution in [0.2, 0.25) is 0 Å². The Labute approximate surface area is 157 Å². The third-order valence-electron chi connectivity index (χ3n) is 4.91. The van der Waals surface area contributed by atoms with Crippen molar-refractivity contribution in [2.24, 2.45) is 0 Å². The minimum absolute atomic E-state index is 0.178. The maximum Gasteiger partial charge on any atom is 0.274 e. The van der Waals surface area contributed by atoms with Gasteiger partial charge in [-0.2, -0.15) is 9.67 Å². The Bertz CT molecular complexity index is 1030. The number of aromatic nitrogens is 4. The average molecular weight is 365 g/mol. The first kappa shape index (κ1) is 17.5. The fourth-order valence-electron chi connectivity index (χ4n) is 3.29. The summed E-state index contributed by atoms with van der Waals surface area (Å²) in [5.41, 5.74) is 4.56. The van der Waals surface area contributed by atoms with Gasteiger partial charge in [-0.25, -0.2) is 4.98 Å². The number of morpholine rings is 1. The van der Waals surface area contributed by atoms with Crippen LogP contribution in [0.1, 0.15) is 16.8 Å². The number of H-pyrrole nitrogens is 1. The van der Waals surface area contributed by atoms with Crippen LogP contribution < -0.4 is 10.5 Å². The van der Waals surface area contributed by atoms with Gasteiger partial charge in [0.05, 0.1) is 18.9 Å². The van der Waals surface area contributed by atoms with E-state index < -0.39 is 0 Å². The van der Waals surface area contributed by atoms with Crippen LogP contribution >= 0.6 is 0 Å². The highest BCUT2D eigenvalue weighted by atomic mass is 16.5. The van der Waals surface area contributed by atoms with Gasteiger partial charge in [0.25, 0.3) is 11.5 Å². The molecule has 1 aromatic carbocycles. The van der Waals surface area contributed by atoms with Crippen molar-refractivity contribution in [3.05, 3.63) is 57.5 Å². The number of nitrogens with zero attached hydrogens (tertiary/aromatic N) is 4. The van der Waals surface area contributed by atoms with Gasteiger partial charge in [0.15, 0.2) is 0 Å². The molecule has 2 aromatic heterocycles. The summed E-state index contributed by atoms with van der Waals surface area (Å²) in [5, 5.41) is 3.15. The third-order valence-corrected chi connectivity index (χ3v) is 4.91. The number of ether oxygens (including phenoxy) is 1. The van der Waals surface area contributed by atoms with Crippen LogP contribution in [0.25, 0.3) is 17.2 Å². The molecule has 1 aliphatic rings. The van der Waals surface area contributed by atoms with Crippen molar-refractivity contribution in [1.29, 1.82) is 0 Å². The molecule has 7 heteroatoms. The van der Waals surface area contributed by atoms with Crippen molar-refractivity contribution in [2.45, 2.75) is 20.8 Å². The van der Waals surface area contributed by atoms with Crippen molar-refractivity contribution in [3.63, 3.8) is 0 Å². The summed E-state index contributed by atoms with van der Waals surface area (Å²) in [6, 6.07) is 9.60. The van der Waals surface area contributed by atoms with E-state index in [4.69, 9.17) is 9.72 Å². The Hall–Kier alpha value is -2.93. The average Bonchev–Trinajstić information content (AvgIpc) is 3.06. The van der Waals surface area contributed by atoms with Crippen LogP contribution in [0.4, 0.5) is 5.82 Å². The Morgan fingerprint density at radius 1 is 1.07 bits per heavy atom. The van der Waals surface area contributed by atoms with Crippen LogP contribution in [-0.2, 0) is 4.74 Å². The molecule has 0 unspecified atom stereocenters. The molecule has 1 N–H and O–H groups in total. The third kappa shape index (κ3) is 3.38. The lowest BCUT2D eigenvalue weighted by Crippen LogP contribution is -2.37. The maximum atomic E-state index is 12.6. The van der Waals surface area contributed by atoms with Gasteiger partial charge in [0.2, 0.25) is 0 Å². The van der Waals surface area contributed by atoms with Gasteiger partial charge >= 0.3 is 0 Å². The lowest BCUT2D eigenvalue weighted by Gasteiger charge is -2.29. The van der Waals surface area contributed by atoms with Gasteiger partial charge in [-0.15, -0.1) is 0 Å². The number of hydrogen-bond acceptors (Lipinski definition) is 5. The van der Waals surface area contributed by atoms with Crippen molar-refractivity contribution >= 4 is 5.82 Å². The van der Waals surface area contributed by atoms with E-state index in [1.54, 1.807) is 6.07 Å². The number of aromatic amines is 1. The molecule has 0 bridgehead atoms. The molecule has 0 aliphatic carbocycles. The van der Waals surface area contributed by atoms with E-state index >= 15 is 0 Å². The first-order valence-corrected chi connectivity index (χ1v) is 9.10. The molecule has 27 heavy (non-hydrogen) atoms. The molecule has 0 radical (unpaired) electrons.